The van der Waals surface area contributed by atoms with E-state index in [0.29, 0.717) is 21.4 Å². The maximum Gasteiger partial charge on any atom is 0.408 e. The first-order chi connectivity index (χ1) is 16.7. The fourth-order valence-electron chi connectivity index (χ4n) is 3.52. The van der Waals surface area contributed by atoms with E-state index >= 15 is 0 Å². The van der Waals surface area contributed by atoms with E-state index in [1.54, 1.807) is 43.3 Å². The monoisotopic (exact) mass is 480 g/mol. The molecule has 2 N–H and O–H groups in total. The number of rotatable bonds is 9. The fraction of sp³-hybridized carbons (Fsp3) is 0.200. The second kappa shape index (κ2) is 11.1. The summed E-state index contributed by atoms with van der Waals surface area (Å²) in [5.74, 6) is -1.36. The molecule has 3 aromatic rings. The van der Waals surface area contributed by atoms with Gasteiger partial charge in [0.2, 0.25) is 0 Å². The quantitative estimate of drug-likeness (QED) is 0.416. The van der Waals surface area contributed by atoms with Gasteiger partial charge in [0.15, 0.2) is 5.54 Å². The number of nitrogens with zero attached hydrogens (tertiary/aromatic N) is 3. The molecule has 35 heavy (non-hydrogen) atoms. The van der Waals surface area contributed by atoms with Crippen LogP contribution >= 0.6 is 0 Å². The van der Waals surface area contributed by atoms with Crippen LogP contribution in [0, 0.1) is 11.3 Å². The van der Waals surface area contributed by atoms with Crippen LogP contribution in [0.3, 0.4) is 0 Å². The summed E-state index contributed by atoms with van der Waals surface area (Å²) in [4.78, 5) is 25.2. The summed E-state index contributed by atoms with van der Waals surface area (Å²) in [5, 5.41) is 25.2. The highest BCUT2D eigenvalue weighted by Gasteiger charge is 2.43. The fourth-order valence-corrected chi connectivity index (χ4v) is 3.52. The number of hydrogen-bond donors (Lipinski definition) is 2. The Morgan fingerprint density at radius 2 is 1.89 bits per heavy atom. The van der Waals surface area contributed by atoms with Gasteiger partial charge in [-0.15, -0.1) is 0 Å². The lowest BCUT2D eigenvalue weighted by Crippen LogP contribution is -2.52. The number of halogens is 2. The molecule has 8 nitrogen and oxygen atoms in total. The molecule has 0 bridgehead atoms. The van der Waals surface area contributed by atoms with Gasteiger partial charge in [0.05, 0.1) is 12.3 Å². The topological polar surface area (TPSA) is 117 Å². The Morgan fingerprint density at radius 3 is 2.46 bits per heavy atom. The standard InChI is InChI=1S/C25H22F2N4O4/c1-17(11-12-28)13-25(22(32)33,30-24(34)35-16-18-5-3-2-4-6-18)21-9-7-19(8-10-21)20-14-29-31(15-20)23(26)27/h2-11,14-15,23H,13,16H2,1H3,(H,30,34)(H,32,33). The Kier molecular flexibility index (Phi) is 7.94. The number of aromatic nitrogens is 2. The first-order valence-corrected chi connectivity index (χ1v) is 10.5. The number of alkyl carbamates (subject to hydrolysis) is 1. The average molecular weight is 480 g/mol. The maximum absolute atomic E-state index is 12.8. The number of carboxylic acids is 1. The van der Waals surface area contributed by atoms with E-state index in [9.17, 15) is 23.5 Å². The number of amides is 1. The smallest absolute Gasteiger partial charge is 0.408 e. The second-order valence-corrected chi connectivity index (χ2v) is 7.76. The van der Waals surface area contributed by atoms with Gasteiger partial charge < -0.3 is 15.2 Å². The van der Waals surface area contributed by atoms with Gasteiger partial charge in [-0.05, 0) is 23.6 Å². The van der Waals surface area contributed by atoms with Crippen molar-refractivity contribution in [3.8, 4) is 17.2 Å². The molecular formula is C25H22F2N4O4. The molecule has 0 aliphatic carbocycles. The molecule has 0 saturated carbocycles. The zero-order valence-corrected chi connectivity index (χ0v) is 18.7. The molecule has 1 aromatic heterocycles. The summed E-state index contributed by atoms with van der Waals surface area (Å²) < 4.78 is 31.4. The van der Waals surface area contributed by atoms with Crippen molar-refractivity contribution in [3.05, 3.63) is 89.8 Å². The minimum atomic E-state index is -2.79. The van der Waals surface area contributed by atoms with Crippen LogP contribution in [-0.4, -0.2) is 26.9 Å². The molecule has 180 valence electrons. The first kappa shape index (κ1) is 25.1. The maximum atomic E-state index is 12.8. The van der Waals surface area contributed by atoms with E-state index in [1.165, 1.54) is 30.6 Å². The third-order valence-corrected chi connectivity index (χ3v) is 5.26. The molecule has 1 atom stereocenters. The lowest BCUT2D eigenvalue weighted by Gasteiger charge is -2.31. The summed E-state index contributed by atoms with van der Waals surface area (Å²) in [6.07, 6.45) is 2.47. The van der Waals surface area contributed by atoms with E-state index in [4.69, 9.17) is 10.00 Å². The number of benzene rings is 2. The van der Waals surface area contributed by atoms with Gasteiger partial charge in [-0.3, -0.25) is 0 Å². The number of carboxylic acid groups (broad SMARTS) is 1. The molecule has 0 saturated heterocycles. The molecule has 3 rings (SSSR count). The van der Waals surface area contributed by atoms with Crippen LogP contribution in [0.15, 0.2) is 78.6 Å². The van der Waals surface area contributed by atoms with Crippen molar-refractivity contribution in [3.63, 3.8) is 0 Å². The van der Waals surface area contributed by atoms with Crippen LogP contribution in [-0.2, 0) is 21.7 Å². The summed E-state index contributed by atoms with van der Waals surface area (Å²) in [7, 11) is 0. The normalized spacial score (nSPS) is 13.1. The first-order valence-electron chi connectivity index (χ1n) is 10.5. The van der Waals surface area contributed by atoms with Gasteiger partial charge in [0, 0.05) is 24.3 Å². The van der Waals surface area contributed by atoms with Crippen molar-refractivity contribution in [2.24, 2.45) is 0 Å². The summed E-state index contributed by atoms with van der Waals surface area (Å²) in [6, 6.07) is 16.8. The third kappa shape index (κ3) is 6.09. The van der Waals surface area contributed by atoms with Crippen molar-refractivity contribution in [2.45, 2.75) is 32.0 Å². The number of allylic oxidation sites excluding steroid dienone is 1. The molecule has 0 aliphatic heterocycles. The van der Waals surface area contributed by atoms with Gasteiger partial charge in [-0.25, -0.2) is 14.3 Å². The Labute approximate surface area is 200 Å². The number of nitriles is 1. The van der Waals surface area contributed by atoms with E-state index in [-0.39, 0.29) is 18.6 Å². The lowest BCUT2D eigenvalue weighted by atomic mass is 9.83. The second-order valence-electron chi connectivity index (χ2n) is 7.76. The predicted octanol–water partition coefficient (Wildman–Crippen LogP) is 5.01. The molecule has 10 heteroatoms. The van der Waals surface area contributed by atoms with E-state index in [0.717, 1.165) is 5.56 Å². The van der Waals surface area contributed by atoms with E-state index in [1.807, 2.05) is 12.1 Å². The highest BCUT2D eigenvalue weighted by atomic mass is 19.3. The molecule has 0 radical (unpaired) electrons. The van der Waals surface area contributed by atoms with Gasteiger partial charge in [-0.2, -0.15) is 19.1 Å². The summed E-state index contributed by atoms with van der Waals surface area (Å²) >= 11 is 0. The van der Waals surface area contributed by atoms with Crippen molar-refractivity contribution >= 4 is 12.1 Å². The summed E-state index contributed by atoms with van der Waals surface area (Å²) in [5.41, 5.74) is 0.330. The number of hydrogen-bond acceptors (Lipinski definition) is 5. The zero-order chi connectivity index (χ0) is 25.4. The summed E-state index contributed by atoms with van der Waals surface area (Å²) in [6.45, 7) is -1.28. The number of alkyl halides is 2. The zero-order valence-electron chi connectivity index (χ0n) is 18.7. The number of aliphatic carboxylic acids is 1. The van der Waals surface area contributed by atoms with Gasteiger partial charge >= 0.3 is 18.6 Å². The van der Waals surface area contributed by atoms with Crippen LogP contribution in [0.1, 0.15) is 31.0 Å². The molecule has 0 fully saturated rings. The van der Waals surface area contributed by atoms with E-state index < -0.39 is 24.2 Å². The van der Waals surface area contributed by atoms with Gasteiger partial charge in [0.1, 0.15) is 6.61 Å². The minimum Gasteiger partial charge on any atom is -0.479 e. The third-order valence-electron chi connectivity index (χ3n) is 5.26. The number of ether oxygens (including phenoxy) is 1. The lowest BCUT2D eigenvalue weighted by molar-refractivity contribution is -0.145. The molecule has 1 amide bonds. The van der Waals surface area contributed by atoms with Crippen LogP contribution in [0.25, 0.3) is 11.1 Å². The van der Waals surface area contributed by atoms with Crippen molar-refractivity contribution < 1.29 is 28.2 Å². The largest absolute Gasteiger partial charge is 0.479 e. The van der Waals surface area contributed by atoms with Crippen LogP contribution in [0.2, 0.25) is 0 Å². The Hall–Kier alpha value is -4.52. The van der Waals surface area contributed by atoms with Gasteiger partial charge in [0.25, 0.3) is 0 Å². The Balaban J connectivity index is 1.92. The molecule has 0 spiro atoms. The number of carbonyl (C=O) groups is 2. The molecule has 0 aliphatic rings. The SMILES string of the molecule is CC(=CC#N)CC(NC(=O)OCc1ccccc1)(C(=O)O)c1ccc(-c2cnn(C(F)F)c2)cc1. The average Bonchev–Trinajstić information content (AvgIpc) is 3.34. The predicted molar refractivity (Wildman–Crippen MR) is 122 cm³/mol. The highest BCUT2D eigenvalue weighted by Crippen LogP contribution is 2.32. The Morgan fingerprint density at radius 1 is 1.20 bits per heavy atom. The number of nitrogens with one attached hydrogen (secondary N) is 1. The highest BCUT2D eigenvalue weighted by molar-refractivity contribution is 5.86. The van der Waals surface area contributed by atoms with Crippen molar-refractivity contribution in [1.29, 1.82) is 5.26 Å². The van der Waals surface area contributed by atoms with Crippen molar-refractivity contribution in [2.75, 3.05) is 0 Å². The Bertz CT molecular complexity index is 1250. The van der Waals surface area contributed by atoms with E-state index in [2.05, 4.69) is 10.4 Å². The van der Waals surface area contributed by atoms with Crippen LogP contribution in [0.5, 0.6) is 0 Å². The van der Waals surface area contributed by atoms with Crippen LogP contribution in [0.4, 0.5) is 13.6 Å². The van der Waals surface area contributed by atoms with Crippen LogP contribution < -0.4 is 5.32 Å². The van der Waals surface area contributed by atoms with Gasteiger partial charge in [-0.1, -0.05) is 60.2 Å². The number of carbonyl (C=O) groups excluding carboxylic acids is 1. The minimum absolute atomic E-state index is 0.0670. The molecule has 1 unspecified atom stereocenters. The molecular weight excluding hydrogens is 458 g/mol. The molecule has 1 heterocycles. The van der Waals surface area contributed by atoms with Crippen molar-refractivity contribution in [1.82, 2.24) is 15.1 Å². The molecule has 2 aromatic carbocycles.